The summed E-state index contributed by atoms with van der Waals surface area (Å²) in [5.74, 6) is -1.08. The summed E-state index contributed by atoms with van der Waals surface area (Å²) < 4.78 is 26.3. The molecule has 208 valence electrons. The highest BCUT2D eigenvalue weighted by atomic mass is 19.1. The fraction of sp³-hybridized carbons (Fsp3) is 0.147. The number of aryl methyl sites for hydroxylation is 1. The van der Waals surface area contributed by atoms with Crippen LogP contribution in [0.2, 0.25) is 0 Å². The van der Waals surface area contributed by atoms with Crippen LogP contribution in [0.25, 0.3) is 11.0 Å². The molecule has 7 nitrogen and oxygen atoms in total. The lowest BCUT2D eigenvalue weighted by Gasteiger charge is -2.34. The number of rotatable bonds is 5. The van der Waals surface area contributed by atoms with Crippen LogP contribution in [0.5, 0.6) is 5.75 Å². The van der Waals surface area contributed by atoms with Crippen LogP contribution >= 0.6 is 0 Å². The van der Waals surface area contributed by atoms with Crippen molar-refractivity contribution in [2.24, 2.45) is 0 Å². The second-order valence-electron chi connectivity index (χ2n) is 10.6. The third-order valence-corrected chi connectivity index (χ3v) is 8.18. The average molecular weight is 561 g/mol. The number of hydrogen-bond donors (Lipinski definition) is 0. The van der Waals surface area contributed by atoms with E-state index in [1.54, 1.807) is 92.0 Å². The molecule has 7 rings (SSSR count). The smallest absolute Gasteiger partial charge is 0.291 e. The van der Waals surface area contributed by atoms with Crippen molar-refractivity contribution in [2.75, 3.05) is 12.0 Å². The standard InChI is InChI=1S/C34H25FN2O5/c1-20-11-16-28-24(17-20)30(38)29-31(42-28)32(39)37(18-21-12-14-23(41-2)15-13-21)34(29)25-8-4-6-10-27(25)36(33(34)40)19-22-7-3-5-9-26(22)35/h3-17H,18-19H2,1-2H3/t34-/m0/s1. The predicted molar refractivity (Wildman–Crippen MR) is 155 cm³/mol. The number of nitrogens with zero attached hydrogens (tertiary/aromatic N) is 2. The summed E-state index contributed by atoms with van der Waals surface area (Å²) in [6, 6.07) is 25.6. The molecular formula is C34H25FN2O5. The Kier molecular flexibility index (Phi) is 5.76. The summed E-state index contributed by atoms with van der Waals surface area (Å²) >= 11 is 0. The van der Waals surface area contributed by atoms with Crippen molar-refractivity contribution in [3.63, 3.8) is 0 Å². The van der Waals surface area contributed by atoms with Crippen LogP contribution in [0.4, 0.5) is 10.1 Å². The molecule has 3 heterocycles. The number of carbonyl (C=O) groups is 2. The van der Waals surface area contributed by atoms with Crippen LogP contribution in [0.3, 0.4) is 0 Å². The van der Waals surface area contributed by atoms with Gasteiger partial charge in [0.25, 0.3) is 11.8 Å². The lowest BCUT2D eigenvalue weighted by atomic mass is 9.83. The normalized spacial score (nSPS) is 17.3. The molecule has 0 saturated heterocycles. The van der Waals surface area contributed by atoms with Crippen molar-refractivity contribution in [3.05, 3.63) is 141 Å². The van der Waals surface area contributed by atoms with Crippen molar-refractivity contribution < 1.29 is 23.1 Å². The number of anilines is 1. The van der Waals surface area contributed by atoms with Crippen LogP contribution in [0, 0.1) is 12.7 Å². The lowest BCUT2D eigenvalue weighted by molar-refractivity contribution is -0.126. The van der Waals surface area contributed by atoms with E-state index in [0.29, 0.717) is 22.6 Å². The van der Waals surface area contributed by atoms with Gasteiger partial charge >= 0.3 is 0 Å². The van der Waals surface area contributed by atoms with E-state index in [9.17, 15) is 18.8 Å². The number of halogens is 1. The van der Waals surface area contributed by atoms with Gasteiger partial charge in [0, 0.05) is 17.7 Å². The quantitative estimate of drug-likeness (QED) is 0.276. The average Bonchev–Trinajstić information content (AvgIpc) is 3.39. The summed E-state index contributed by atoms with van der Waals surface area (Å²) in [6.07, 6.45) is 0. The molecule has 8 heteroatoms. The maximum Gasteiger partial charge on any atom is 0.291 e. The Hall–Kier alpha value is -5.24. The molecule has 0 N–H and O–H groups in total. The molecule has 2 amide bonds. The number of amides is 2. The molecule has 1 aromatic heterocycles. The van der Waals surface area contributed by atoms with E-state index in [1.165, 1.54) is 15.9 Å². The van der Waals surface area contributed by atoms with E-state index in [-0.39, 0.29) is 35.4 Å². The number of methoxy groups -OCH3 is 1. The third kappa shape index (κ3) is 3.54. The van der Waals surface area contributed by atoms with E-state index in [0.717, 1.165) is 11.1 Å². The topological polar surface area (TPSA) is 80.1 Å². The highest BCUT2D eigenvalue weighted by Gasteiger charge is 2.65. The Labute approximate surface area is 240 Å². The van der Waals surface area contributed by atoms with Gasteiger partial charge in [0.1, 0.15) is 17.1 Å². The zero-order chi connectivity index (χ0) is 29.2. The van der Waals surface area contributed by atoms with Gasteiger partial charge in [0.15, 0.2) is 11.0 Å². The fourth-order valence-corrected chi connectivity index (χ4v) is 6.19. The minimum Gasteiger partial charge on any atom is -0.497 e. The molecule has 0 radical (unpaired) electrons. The highest BCUT2D eigenvalue weighted by molar-refractivity contribution is 6.17. The monoisotopic (exact) mass is 560 g/mol. The number of ether oxygens (including phenoxy) is 1. The number of benzene rings is 4. The van der Waals surface area contributed by atoms with Gasteiger partial charge in [0.05, 0.1) is 30.3 Å². The molecule has 0 bridgehead atoms. The van der Waals surface area contributed by atoms with Gasteiger partial charge in [-0.3, -0.25) is 14.4 Å². The second-order valence-corrected chi connectivity index (χ2v) is 10.6. The van der Waals surface area contributed by atoms with Crippen LogP contribution in [0.1, 0.15) is 38.4 Å². The molecule has 4 aromatic carbocycles. The van der Waals surface area contributed by atoms with Crippen LogP contribution in [0.15, 0.2) is 100 Å². The van der Waals surface area contributed by atoms with Crippen molar-refractivity contribution in [1.82, 2.24) is 4.90 Å². The van der Waals surface area contributed by atoms with Crippen LogP contribution < -0.4 is 15.1 Å². The van der Waals surface area contributed by atoms with E-state index in [4.69, 9.17) is 9.15 Å². The predicted octanol–water partition coefficient (Wildman–Crippen LogP) is 5.70. The van der Waals surface area contributed by atoms with Gasteiger partial charge in [-0.2, -0.15) is 0 Å². The van der Waals surface area contributed by atoms with Gasteiger partial charge in [-0.15, -0.1) is 0 Å². The second kappa shape index (κ2) is 9.41. The minimum atomic E-state index is -1.81. The zero-order valence-electron chi connectivity index (χ0n) is 22.9. The molecule has 0 saturated carbocycles. The molecule has 5 aromatic rings. The van der Waals surface area contributed by atoms with E-state index >= 15 is 0 Å². The number of carbonyl (C=O) groups excluding carboxylic acids is 2. The molecule has 2 aliphatic rings. The Morgan fingerprint density at radius 2 is 1.62 bits per heavy atom. The summed E-state index contributed by atoms with van der Waals surface area (Å²) in [5.41, 5.74) is 0.813. The maximum absolute atomic E-state index is 14.9. The molecule has 42 heavy (non-hydrogen) atoms. The van der Waals surface area contributed by atoms with Crippen LogP contribution in [-0.4, -0.2) is 23.8 Å². The molecule has 1 atom stereocenters. The SMILES string of the molecule is COc1ccc(CN2C(=O)c3oc4ccc(C)cc4c(=O)c3[C@@]23C(=O)N(Cc2ccccc2F)c2ccccc23)cc1. The maximum atomic E-state index is 14.9. The Morgan fingerprint density at radius 1 is 0.881 bits per heavy atom. The first kappa shape index (κ1) is 25.7. The minimum absolute atomic E-state index is 0.00938. The van der Waals surface area contributed by atoms with Crippen molar-refractivity contribution in [3.8, 4) is 5.75 Å². The van der Waals surface area contributed by atoms with Gasteiger partial charge < -0.3 is 19.0 Å². The van der Waals surface area contributed by atoms with E-state index in [1.807, 2.05) is 6.92 Å². The van der Waals surface area contributed by atoms with Crippen molar-refractivity contribution in [2.45, 2.75) is 25.6 Å². The molecule has 2 aliphatic heterocycles. The highest BCUT2D eigenvalue weighted by Crippen LogP contribution is 2.53. The molecular weight excluding hydrogens is 535 g/mol. The third-order valence-electron chi connectivity index (χ3n) is 8.18. The summed E-state index contributed by atoms with van der Waals surface area (Å²) in [6.45, 7) is 1.78. The molecule has 0 unspecified atom stereocenters. The van der Waals surface area contributed by atoms with Crippen LogP contribution in [-0.2, 0) is 23.4 Å². The largest absolute Gasteiger partial charge is 0.497 e. The van der Waals surface area contributed by atoms with E-state index < -0.39 is 28.6 Å². The Balaban J connectivity index is 1.50. The fourth-order valence-electron chi connectivity index (χ4n) is 6.19. The first-order chi connectivity index (χ1) is 20.3. The van der Waals surface area contributed by atoms with Gasteiger partial charge in [0.2, 0.25) is 5.76 Å². The van der Waals surface area contributed by atoms with Gasteiger partial charge in [-0.25, -0.2) is 4.39 Å². The number of fused-ring (bicyclic) bond motifs is 5. The molecule has 1 spiro atoms. The first-order valence-corrected chi connectivity index (χ1v) is 13.5. The zero-order valence-corrected chi connectivity index (χ0v) is 22.9. The van der Waals surface area contributed by atoms with Gasteiger partial charge in [-0.05, 0) is 48.9 Å². The van der Waals surface area contributed by atoms with Crippen molar-refractivity contribution in [1.29, 1.82) is 0 Å². The van der Waals surface area contributed by atoms with E-state index in [2.05, 4.69) is 0 Å². The molecule has 0 aliphatic carbocycles. The lowest BCUT2D eigenvalue weighted by Crippen LogP contribution is -2.53. The van der Waals surface area contributed by atoms with Gasteiger partial charge in [-0.1, -0.05) is 60.2 Å². The Bertz CT molecular complexity index is 1980. The first-order valence-electron chi connectivity index (χ1n) is 13.5. The Morgan fingerprint density at radius 3 is 2.38 bits per heavy atom. The molecule has 0 fully saturated rings. The summed E-state index contributed by atoms with van der Waals surface area (Å²) in [7, 11) is 1.56. The van der Waals surface area contributed by atoms with Crippen molar-refractivity contribution >= 4 is 28.5 Å². The number of para-hydroxylation sites is 1. The summed E-state index contributed by atoms with van der Waals surface area (Å²) in [4.78, 5) is 46.4. The number of hydrogen-bond acceptors (Lipinski definition) is 5. The summed E-state index contributed by atoms with van der Waals surface area (Å²) in [5, 5.41) is 0.282.